The van der Waals surface area contributed by atoms with Gasteiger partial charge in [0.2, 0.25) is 0 Å². The van der Waals surface area contributed by atoms with Gasteiger partial charge in [-0.1, -0.05) is 0 Å². The van der Waals surface area contributed by atoms with Crippen molar-refractivity contribution in [2.24, 2.45) is 0 Å². The van der Waals surface area contributed by atoms with Crippen molar-refractivity contribution in [3.05, 3.63) is 42.5 Å². The Kier molecular flexibility index (Phi) is 6.21. The fourth-order valence-electron chi connectivity index (χ4n) is 0.974. The highest BCUT2D eigenvalue weighted by atomic mass is 35.5. The molecule has 0 aliphatic carbocycles. The lowest BCUT2D eigenvalue weighted by atomic mass is 10.2. The summed E-state index contributed by atoms with van der Waals surface area (Å²) in [6, 6.07) is 0.894. The Morgan fingerprint density at radius 2 is 1.22 bits per heavy atom. The third-order valence-electron chi connectivity index (χ3n) is 1.66. The van der Waals surface area contributed by atoms with Gasteiger partial charge in [0.05, 0.1) is 26.9 Å². The lowest BCUT2D eigenvalue weighted by Gasteiger charge is -1.97. The van der Waals surface area contributed by atoms with E-state index in [0.29, 0.717) is 12.1 Å². The second-order valence-corrected chi connectivity index (χ2v) is 2.60. The van der Waals surface area contributed by atoms with E-state index >= 15 is 0 Å². The van der Waals surface area contributed by atoms with Gasteiger partial charge in [0.15, 0.2) is 0 Å². The van der Waals surface area contributed by atoms with Crippen LogP contribution in [0.5, 0.6) is 5.75 Å². The van der Waals surface area contributed by atoms with Gasteiger partial charge in [0.25, 0.3) is 11.4 Å². The number of aromatic hydroxyl groups is 1. The highest BCUT2D eigenvalue weighted by molar-refractivity contribution is 5.85. The third kappa shape index (κ3) is 3.23. The molecule has 0 amide bonds. The van der Waals surface area contributed by atoms with Crippen molar-refractivity contribution in [2.75, 3.05) is 0 Å². The zero-order valence-corrected chi connectivity index (χ0v) is 9.12. The fourth-order valence-corrected chi connectivity index (χ4v) is 0.974. The molecule has 11 nitrogen and oxygen atoms in total. The molecule has 0 aromatic heterocycles. The van der Waals surface area contributed by atoms with Crippen LogP contribution in [0.25, 0.3) is 0 Å². The molecule has 0 atom stereocenters. The van der Waals surface area contributed by atoms with Crippen LogP contribution in [-0.4, -0.2) is 25.4 Å². The van der Waals surface area contributed by atoms with Crippen molar-refractivity contribution in [1.82, 2.24) is 0 Å². The Morgan fingerprint density at radius 1 is 0.889 bits per heavy atom. The van der Waals surface area contributed by atoms with Crippen LogP contribution >= 0.6 is 12.4 Å². The maximum Gasteiger partial charge on any atom is 0.324 e. The topological polar surface area (TPSA) is 181 Å². The predicted octanol–water partition coefficient (Wildman–Crippen LogP) is 0.714. The summed E-state index contributed by atoms with van der Waals surface area (Å²) < 4.78 is 0. The van der Waals surface area contributed by atoms with E-state index in [0.717, 1.165) is 0 Å². The van der Waals surface area contributed by atoms with Crippen molar-refractivity contribution in [3.8, 4) is 5.75 Å². The Balaban J connectivity index is 0. The van der Waals surface area contributed by atoms with E-state index in [1.54, 1.807) is 0 Å². The first kappa shape index (κ1) is 17.9. The zero-order valence-electron chi connectivity index (χ0n) is 8.30. The molecule has 0 saturated heterocycles. The van der Waals surface area contributed by atoms with Gasteiger partial charge in [-0.2, -0.15) is 0 Å². The first-order valence-electron chi connectivity index (χ1n) is 3.64. The molecule has 0 radical (unpaired) electrons. The van der Waals surface area contributed by atoms with Crippen LogP contribution in [0, 0.1) is 30.3 Å². The van der Waals surface area contributed by atoms with Crippen LogP contribution in [0.1, 0.15) is 0 Å². The van der Waals surface area contributed by atoms with E-state index in [1.165, 1.54) is 0 Å². The first-order chi connectivity index (χ1) is 7.34. The minimum Gasteiger partial charge on any atom is -0.497 e. The fraction of sp³-hybridized carbons (Fsp3) is 0. The molecular formula is C6H6ClN3O8. The molecule has 3 N–H and O–H groups in total. The number of nitro groups is 3. The highest BCUT2D eigenvalue weighted by Gasteiger charge is 2.29. The van der Waals surface area contributed by atoms with Gasteiger partial charge in [-0.3, -0.25) is 30.3 Å². The van der Waals surface area contributed by atoms with Gasteiger partial charge >= 0.3 is 11.4 Å². The van der Waals surface area contributed by atoms with Crippen LogP contribution in [0.3, 0.4) is 0 Å². The standard InChI is InChI=1S/C6H3N3O7.ClH.H2O/c10-6-4(8(13)14)1-3(7(11)12)2-5(6)9(15)16;;/h1-2,10H;1H;1H2. The van der Waals surface area contributed by atoms with E-state index in [4.69, 9.17) is 5.11 Å². The second-order valence-electron chi connectivity index (χ2n) is 2.60. The van der Waals surface area contributed by atoms with E-state index < -0.39 is 37.6 Å². The molecule has 0 aliphatic rings. The smallest absolute Gasteiger partial charge is 0.324 e. The SMILES string of the molecule is Cl.O.O=[N+]([O-])c1cc([N+](=O)[O-])c(O)c([N+](=O)[O-])c1. The minimum absolute atomic E-state index is 0. The maximum atomic E-state index is 10.4. The van der Waals surface area contributed by atoms with Crippen LogP contribution < -0.4 is 0 Å². The minimum atomic E-state index is -1.21. The van der Waals surface area contributed by atoms with E-state index in [1.807, 2.05) is 0 Å². The Labute approximate surface area is 104 Å². The molecule has 18 heavy (non-hydrogen) atoms. The molecule has 12 heteroatoms. The van der Waals surface area contributed by atoms with Gasteiger partial charge in [-0.25, -0.2) is 0 Å². The monoisotopic (exact) mass is 283 g/mol. The molecule has 1 aromatic carbocycles. The number of phenolic OH excluding ortho intramolecular Hbond substituents is 1. The van der Waals surface area contributed by atoms with Gasteiger partial charge in [-0.05, 0) is 0 Å². The summed E-state index contributed by atoms with van der Waals surface area (Å²) in [5, 5.41) is 40.2. The van der Waals surface area contributed by atoms with Crippen LogP contribution in [0.4, 0.5) is 17.1 Å². The largest absolute Gasteiger partial charge is 0.497 e. The summed E-state index contributed by atoms with van der Waals surface area (Å²) in [4.78, 5) is 27.8. The number of rotatable bonds is 3. The maximum absolute atomic E-state index is 10.4. The molecule has 0 spiro atoms. The summed E-state index contributed by atoms with van der Waals surface area (Å²) in [6.45, 7) is 0. The average Bonchev–Trinajstić information content (AvgIpc) is 2.16. The Hall–Kier alpha value is -2.53. The van der Waals surface area contributed by atoms with Crippen LogP contribution in [-0.2, 0) is 0 Å². The summed E-state index contributed by atoms with van der Waals surface area (Å²) in [6.07, 6.45) is 0. The molecule has 0 saturated carbocycles. The summed E-state index contributed by atoms with van der Waals surface area (Å²) in [5.74, 6) is -1.21. The van der Waals surface area contributed by atoms with Crippen molar-refractivity contribution in [2.45, 2.75) is 0 Å². The lowest BCUT2D eigenvalue weighted by molar-refractivity contribution is -0.404. The number of hydrogen-bond donors (Lipinski definition) is 1. The molecule has 0 unspecified atom stereocenters. The normalized spacial score (nSPS) is 8.67. The summed E-state index contributed by atoms with van der Waals surface area (Å²) in [7, 11) is 0. The van der Waals surface area contributed by atoms with Crippen molar-refractivity contribution in [3.63, 3.8) is 0 Å². The van der Waals surface area contributed by atoms with Crippen molar-refractivity contribution in [1.29, 1.82) is 0 Å². The van der Waals surface area contributed by atoms with E-state index in [9.17, 15) is 30.3 Å². The number of halogens is 1. The molecule has 0 aliphatic heterocycles. The number of non-ortho nitro benzene ring substituents is 1. The predicted molar refractivity (Wildman–Crippen MR) is 58.9 cm³/mol. The van der Waals surface area contributed by atoms with Gasteiger partial charge in [0.1, 0.15) is 0 Å². The van der Waals surface area contributed by atoms with E-state index in [-0.39, 0.29) is 17.9 Å². The summed E-state index contributed by atoms with van der Waals surface area (Å²) >= 11 is 0. The number of hydrogen-bond acceptors (Lipinski definition) is 7. The lowest BCUT2D eigenvalue weighted by Crippen LogP contribution is -1.97. The average molecular weight is 284 g/mol. The molecule has 1 rings (SSSR count). The van der Waals surface area contributed by atoms with E-state index in [2.05, 4.69) is 0 Å². The molecule has 0 fully saturated rings. The van der Waals surface area contributed by atoms with Gasteiger partial charge in [0, 0.05) is 0 Å². The Morgan fingerprint density at radius 3 is 1.44 bits per heavy atom. The van der Waals surface area contributed by atoms with Gasteiger partial charge in [-0.15, -0.1) is 12.4 Å². The highest BCUT2D eigenvalue weighted by Crippen LogP contribution is 2.38. The molecular weight excluding hydrogens is 278 g/mol. The van der Waals surface area contributed by atoms with Crippen LogP contribution in [0.2, 0.25) is 0 Å². The third-order valence-corrected chi connectivity index (χ3v) is 1.66. The Bertz CT molecular complexity index is 469. The second kappa shape index (κ2) is 6.27. The molecule has 0 heterocycles. The molecule has 0 bridgehead atoms. The zero-order chi connectivity index (χ0) is 12.5. The quantitative estimate of drug-likeness (QED) is 0.625. The summed E-state index contributed by atoms with van der Waals surface area (Å²) in [5.41, 5.74) is -3.00. The van der Waals surface area contributed by atoms with Crippen LogP contribution in [0.15, 0.2) is 12.1 Å². The number of nitrogens with zero attached hydrogens (tertiary/aromatic N) is 3. The molecule has 100 valence electrons. The number of nitro benzene ring substituents is 3. The first-order valence-corrected chi connectivity index (χ1v) is 3.64. The number of benzene rings is 1. The van der Waals surface area contributed by atoms with Crippen molar-refractivity contribution >= 4 is 29.5 Å². The van der Waals surface area contributed by atoms with Crippen molar-refractivity contribution < 1.29 is 25.4 Å². The molecule has 1 aromatic rings. The number of phenols is 1. The van der Waals surface area contributed by atoms with Gasteiger partial charge < -0.3 is 10.6 Å².